The van der Waals surface area contributed by atoms with Crippen LogP contribution in [-0.4, -0.2) is 35.2 Å². The molecule has 0 rings (SSSR count). The Labute approximate surface area is 84.3 Å². The molecule has 0 spiro atoms. The Bertz CT molecular complexity index is 153. The molecule has 0 saturated heterocycles. The summed E-state index contributed by atoms with van der Waals surface area (Å²) in [6.07, 6.45) is 3.42. The Hall–Kier alpha value is -0.220. The van der Waals surface area contributed by atoms with Crippen LogP contribution in [0.5, 0.6) is 0 Å². The maximum atomic E-state index is 11.4. The number of nitrogens with one attached hydrogen (secondary N) is 1. The van der Waals surface area contributed by atoms with Crippen molar-refractivity contribution in [1.82, 2.24) is 5.32 Å². The number of hydrogen-bond acceptors (Lipinski definition) is 3. The molecule has 0 aromatic heterocycles. The summed E-state index contributed by atoms with van der Waals surface area (Å²) in [5, 5.41) is 11.6. The van der Waals surface area contributed by atoms with Crippen LogP contribution in [0.3, 0.4) is 0 Å². The van der Waals surface area contributed by atoms with Crippen LogP contribution in [0.15, 0.2) is 0 Å². The molecule has 13 heavy (non-hydrogen) atoms. The highest BCUT2D eigenvalue weighted by atomic mass is 32.2. The van der Waals surface area contributed by atoms with E-state index in [1.165, 1.54) is 11.8 Å². The summed E-state index contributed by atoms with van der Waals surface area (Å²) in [4.78, 5) is 11.4. The highest BCUT2D eigenvalue weighted by molar-refractivity contribution is 7.99. The molecule has 0 heterocycles. The smallest absolute Gasteiger partial charge is 0.233 e. The predicted octanol–water partition coefficient (Wildman–Crippen LogP) is 1.02. The van der Waals surface area contributed by atoms with Gasteiger partial charge < -0.3 is 10.4 Å². The molecule has 2 atom stereocenters. The van der Waals surface area contributed by atoms with Crippen LogP contribution in [0.2, 0.25) is 0 Å². The summed E-state index contributed by atoms with van der Waals surface area (Å²) in [5.41, 5.74) is 0. The fourth-order valence-electron chi connectivity index (χ4n) is 0.960. The van der Waals surface area contributed by atoms with E-state index < -0.39 is 0 Å². The van der Waals surface area contributed by atoms with Crippen LogP contribution >= 0.6 is 11.8 Å². The molecular formula is C9H19NO2S. The molecule has 2 N–H and O–H groups in total. The second-order valence-electron chi connectivity index (χ2n) is 3.00. The third kappa shape index (κ3) is 5.16. The number of amides is 1. The average molecular weight is 205 g/mol. The van der Waals surface area contributed by atoms with Crippen molar-refractivity contribution >= 4 is 17.7 Å². The molecule has 78 valence electrons. The van der Waals surface area contributed by atoms with E-state index >= 15 is 0 Å². The van der Waals surface area contributed by atoms with Gasteiger partial charge in [-0.3, -0.25) is 4.79 Å². The summed E-state index contributed by atoms with van der Waals surface area (Å²) in [5.74, 6) is 0.0628. The lowest BCUT2D eigenvalue weighted by molar-refractivity contribution is -0.121. The monoisotopic (exact) mass is 205 g/mol. The summed E-state index contributed by atoms with van der Waals surface area (Å²) in [6, 6.07) is 0.118. The van der Waals surface area contributed by atoms with Gasteiger partial charge in [-0.2, -0.15) is 11.8 Å². The predicted molar refractivity (Wildman–Crippen MR) is 56.9 cm³/mol. The Morgan fingerprint density at radius 3 is 2.62 bits per heavy atom. The highest BCUT2D eigenvalue weighted by Gasteiger charge is 2.14. The Balaban J connectivity index is 3.85. The van der Waals surface area contributed by atoms with Crippen molar-refractivity contribution in [3.63, 3.8) is 0 Å². The molecule has 4 heteroatoms. The quantitative estimate of drug-likeness (QED) is 0.680. The first-order valence-corrected chi connectivity index (χ1v) is 5.88. The van der Waals surface area contributed by atoms with Crippen LogP contribution in [0.4, 0.5) is 0 Å². The highest BCUT2D eigenvalue weighted by Crippen LogP contribution is 2.06. The minimum absolute atomic E-state index is 0.00672. The van der Waals surface area contributed by atoms with Crippen molar-refractivity contribution in [2.75, 3.05) is 12.9 Å². The topological polar surface area (TPSA) is 49.3 Å². The Morgan fingerprint density at radius 1 is 1.62 bits per heavy atom. The van der Waals surface area contributed by atoms with Crippen LogP contribution in [0.25, 0.3) is 0 Å². The van der Waals surface area contributed by atoms with Crippen LogP contribution < -0.4 is 5.32 Å². The maximum absolute atomic E-state index is 11.4. The van der Waals surface area contributed by atoms with Gasteiger partial charge in [0.05, 0.1) is 5.25 Å². The van der Waals surface area contributed by atoms with E-state index in [4.69, 9.17) is 5.11 Å². The number of thioether (sulfide) groups is 1. The molecule has 2 unspecified atom stereocenters. The molecule has 0 bridgehead atoms. The van der Waals surface area contributed by atoms with Gasteiger partial charge in [0.15, 0.2) is 0 Å². The molecule has 0 aliphatic rings. The zero-order valence-corrected chi connectivity index (χ0v) is 9.36. The summed E-state index contributed by atoms with van der Waals surface area (Å²) in [7, 11) is 0. The van der Waals surface area contributed by atoms with Crippen LogP contribution in [0.1, 0.15) is 26.7 Å². The van der Waals surface area contributed by atoms with Gasteiger partial charge in [0.2, 0.25) is 5.91 Å². The average Bonchev–Trinajstić information content (AvgIpc) is 2.15. The van der Waals surface area contributed by atoms with Crippen molar-refractivity contribution in [1.29, 1.82) is 0 Å². The molecule has 0 aliphatic carbocycles. The first-order valence-electron chi connectivity index (χ1n) is 4.59. The lowest BCUT2D eigenvalue weighted by Gasteiger charge is -2.17. The lowest BCUT2D eigenvalue weighted by atomic mass is 10.1. The van der Waals surface area contributed by atoms with Crippen molar-refractivity contribution in [2.45, 2.75) is 38.0 Å². The maximum Gasteiger partial charge on any atom is 0.233 e. The Kier molecular flexibility index (Phi) is 7.09. The van der Waals surface area contributed by atoms with Crippen molar-refractivity contribution in [3.8, 4) is 0 Å². The molecule has 0 saturated carbocycles. The zero-order valence-electron chi connectivity index (χ0n) is 8.54. The molecule has 0 fully saturated rings. The fraction of sp³-hybridized carbons (Fsp3) is 0.889. The summed E-state index contributed by atoms with van der Waals surface area (Å²) in [6.45, 7) is 4.02. The van der Waals surface area contributed by atoms with Gasteiger partial charge >= 0.3 is 0 Å². The first-order chi connectivity index (χ1) is 6.15. The van der Waals surface area contributed by atoms with Crippen molar-refractivity contribution < 1.29 is 9.90 Å². The van der Waals surface area contributed by atoms with Gasteiger partial charge in [-0.05, 0) is 26.0 Å². The van der Waals surface area contributed by atoms with Gasteiger partial charge in [-0.25, -0.2) is 0 Å². The normalized spacial score (nSPS) is 15.1. The number of carbonyl (C=O) groups excluding carboxylic acids is 1. The summed E-state index contributed by atoms with van der Waals surface area (Å²) < 4.78 is 0. The van der Waals surface area contributed by atoms with E-state index in [0.29, 0.717) is 6.42 Å². The van der Waals surface area contributed by atoms with Gasteiger partial charge in [0.1, 0.15) is 0 Å². The minimum atomic E-state index is -0.00672. The van der Waals surface area contributed by atoms with E-state index in [1.807, 2.05) is 20.1 Å². The third-order valence-electron chi connectivity index (χ3n) is 2.04. The van der Waals surface area contributed by atoms with Crippen molar-refractivity contribution in [3.05, 3.63) is 0 Å². The number of carbonyl (C=O) groups is 1. The lowest BCUT2D eigenvalue weighted by Crippen LogP contribution is -2.39. The zero-order chi connectivity index (χ0) is 10.3. The Morgan fingerprint density at radius 2 is 2.23 bits per heavy atom. The van der Waals surface area contributed by atoms with E-state index in [9.17, 15) is 4.79 Å². The first kappa shape index (κ1) is 12.8. The standard InChI is InChI=1S/C9H19NO2S/c1-4-8(5-6-11)10-9(12)7(2)13-3/h7-8,11H,4-6H2,1-3H3,(H,10,12). The van der Waals surface area contributed by atoms with E-state index in [1.54, 1.807) is 0 Å². The molecular weight excluding hydrogens is 186 g/mol. The second-order valence-corrected chi connectivity index (χ2v) is 4.18. The van der Waals surface area contributed by atoms with Crippen LogP contribution in [-0.2, 0) is 4.79 Å². The minimum Gasteiger partial charge on any atom is -0.396 e. The van der Waals surface area contributed by atoms with E-state index in [-0.39, 0.29) is 23.8 Å². The molecule has 0 aromatic carbocycles. The SMILES string of the molecule is CCC(CCO)NC(=O)C(C)SC. The number of hydrogen-bond donors (Lipinski definition) is 2. The molecule has 1 amide bonds. The molecule has 0 aliphatic heterocycles. The molecule has 0 radical (unpaired) electrons. The van der Waals surface area contributed by atoms with E-state index in [2.05, 4.69) is 5.32 Å². The van der Waals surface area contributed by atoms with Gasteiger partial charge in [-0.1, -0.05) is 6.92 Å². The molecule has 3 nitrogen and oxygen atoms in total. The summed E-state index contributed by atoms with van der Waals surface area (Å²) >= 11 is 1.53. The van der Waals surface area contributed by atoms with Crippen molar-refractivity contribution in [2.24, 2.45) is 0 Å². The number of aliphatic hydroxyl groups excluding tert-OH is 1. The number of rotatable bonds is 6. The third-order valence-corrected chi connectivity index (χ3v) is 2.96. The second kappa shape index (κ2) is 7.21. The largest absolute Gasteiger partial charge is 0.396 e. The van der Waals surface area contributed by atoms with Gasteiger partial charge in [-0.15, -0.1) is 0 Å². The van der Waals surface area contributed by atoms with E-state index in [0.717, 1.165) is 6.42 Å². The number of aliphatic hydroxyl groups is 1. The van der Waals surface area contributed by atoms with Gasteiger partial charge in [0.25, 0.3) is 0 Å². The molecule has 0 aromatic rings. The van der Waals surface area contributed by atoms with Crippen LogP contribution in [0, 0.1) is 0 Å². The van der Waals surface area contributed by atoms with Gasteiger partial charge in [0, 0.05) is 12.6 Å². The fourth-order valence-corrected chi connectivity index (χ4v) is 1.24.